The van der Waals surface area contributed by atoms with E-state index in [0.29, 0.717) is 25.2 Å². The molecule has 5 nitrogen and oxygen atoms in total. The molecule has 3 rings (SSSR count). The number of hydrogen-bond acceptors (Lipinski definition) is 3. The van der Waals surface area contributed by atoms with Gasteiger partial charge in [0, 0.05) is 31.9 Å². The molecule has 0 aromatic heterocycles. The average Bonchev–Trinajstić information content (AvgIpc) is 3.32. The Morgan fingerprint density at radius 2 is 1.91 bits per heavy atom. The number of anilines is 1. The molecule has 2 atom stereocenters. The Morgan fingerprint density at radius 3 is 2.57 bits per heavy atom. The van der Waals surface area contributed by atoms with Crippen LogP contribution in [0.4, 0.5) is 10.1 Å². The maximum Gasteiger partial charge on any atom is 0.228 e. The molecule has 23 heavy (non-hydrogen) atoms. The molecule has 2 amide bonds. The van der Waals surface area contributed by atoms with E-state index in [0.717, 1.165) is 13.1 Å². The summed E-state index contributed by atoms with van der Waals surface area (Å²) in [6, 6.07) is 4.03. The monoisotopic (exact) mass is 339 g/mol. The van der Waals surface area contributed by atoms with Gasteiger partial charge in [0.1, 0.15) is 5.82 Å². The zero-order valence-electron chi connectivity index (χ0n) is 12.9. The van der Waals surface area contributed by atoms with Gasteiger partial charge in [0.15, 0.2) is 0 Å². The van der Waals surface area contributed by atoms with Gasteiger partial charge in [-0.2, -0.15) is 0 Å². The zero-order chi connectivity index (χ0) is 16.6. The lowest BCUT2D eigenvalue weighted by Crippen LogP contribution is -2.48. The van der Waals surface area contributed by atoms with E-state index in [9.17, 15) is 14.0 Å². The molecule has 7 heteroatoms. The minimum atomic E-state index is -0.529. The maximum absolute atomic E-state index is 13.1. The Balaban J connectivity index is 1.54. The molecule has 1 N–H and O–H groups in total. The standard InChI is InChI=1S/C16H19ClFN3O2/c1-20-4-6-21(7-5-20)16(23)12-9-11(12)15(22)19-10-2-3-14(18)13(17)8-10/h2-3,8,11-12H,4-7,9H2,1H3,(H,19,22). The predicted octanol–water partition coefficient (Wildman–Crippen LogP) is 1.83. The average molecular weight is 340 g/mol. The van der Waals surface area contributed by atoms with E-state index in [-0.39, 0.29) is 28.7 Å². The van der Waals surface area contributed by atoms with E-state index < -0.39 is 5.82 Å². The topological polar surface area (TPSA) is 52.7 Å². The summed E-state index contributed by atoms with van der Waals surface area (Å²) in [5.74, 6) is -1.20. The minimum absolute atomic E-state index is 0.0383. The SMILES string of the molecule is CN1CCN(C(=O)C2CC2C(=O)Nc2ccc(F)c(Cl)c2)CC1. The first-order valence-electron chi connectivity index (χ1n) is 7.69. The summed E-state index contributed by atoms with van der Waals surface area (Å²) in [4.78, 5) is 28.6. The van der Waals surface area contributed by atoms with Crippen LogP contribution in [-0.2, 0) is 9.59 Å². The van der Waals surface area contributed by atoms with Crippen molar-refractivity contribution in [1.29, 1.82) is 0 Å². The second kappa shape index (κ2) is 6.45. The van der Waals surface area contributed by atoms with Crippen molar-refractivity contribution in [2.45, 2.75) is 6.42 Å². The van der Waals surface area contributed by atoms with E-state index in [1.54, 1.807) is 0 Å². The summed E-state index contributed by atoms with van der Waals surface area (Å²) in [6.07, 6.45) is 0.575. The molecular formula is C16H19ClFN3O2. The highest BCUT2D eigenvalue weighted by molar-refractivity contribution is 6.31. The molecule has 0 spiro atoms. The Labute approximate surface area is 139 Å². The molecular weight excluding hydrogens is 321 g/mol. The van der Waals surface area contributed by atoms with E-state index in [1.165, 1.54) is 18.2 Å². The van der Waals surface area contributed by atoms with Gasteiger partial charge >= 0.3 is 0 Å². The van der Waals surface area contributed by atoms with Crippen LogP contribution in [0.1, 0.15) is 6.42 Å². The Morgan fingerprint density at radius 1 is 1.22 bits per heavy atom. The highest BCUT2D eigenvalue weighted by Crippen LogP contribution is 2.41. The fraction of sp³-hybridized carbons (Fsp3) is 0.500. The Bertz CT molecular complexity index is 632. The highest BCUT2D eigenvalue weighted by Gasteiger charge is 2.49. The third-order valence-corrected chi connectivity index (χ3v) is 4.74. The zero-order valence-corrected chi connectivity index (χ0v) is 13.6. The van der Waals surface area contributed by atoms with Crippen LogP contribution in [0.25, 0.3) is 0 Å². The van der Waals surface area contributed by atoms with Crippen LogP contribution >= 0.6 is 11.6 Å². The number of benzene rings is 1. The molecule has 0 radical (unpaired) electrons. The fourth-order valence-corrected chi connectivity index (χ4v) is 3.01. The number of carbonyl (C=O) groups is 2. The highest BCUT2D eigenvalue weighted by atomic mass is 35.5. The second-order valence-electron chi connectivity index (χ2n) is 6.20. The molecule has 2 fully saturated rings. The van der Waals surface area contributed by atoms with Crippen molar-refractivity contribution in [3.05, 3.63) is 29.0 Å². The van der Waals surface area contributed by atoms with Gasteiger partial charge in [0.05, 0.1) is 16.9 Å². The first-order valence-corrected chi connectivity index (χ1v) is 8.07. The first kappa shape index (κ1) is 16.2. The second-order valence-corrected chi connectivity index (χ2v) is 6.60. The predicted molar refractivity (Wildman–Crippen MR) is 85.7 cm³/mol. The molecule has 1 saturated carbocycles. The van der Waals surface area contributed by atoms with Crippen LogP contribution in [0.2, 0.25) is 5.02 Å². The molecule has 2 aliphatic rings. The number of nitrogens with one attached hydrogen (secondary N) is 1. The van der Waals surface area contributed by atoms with Crippen molar-refractivity contribution < 1.29 is 14.0 Å². The van der Waals surface area contributed by atoms with Crippen molar-refractivity contribution in [3.8, 4) is 0 Å². The van der Waals surface area contributed by atoms with Crippen LogP contribution in [-0.4, -0.2) is 54.8 Å². The fourth-order valence-electron chi connectivity index (χ4n) is 2.83. The number of likely N-dealkylation sites (N-methyl/N-ethyl adjacent to an activating group) is 1. The van der Waals surface area contributed by atoms with Gasteiger partial charge in [-0.05, 0) is 31.7 Å². The number of amides is 2. The lowest BCUT2D eigenvalue weighted by atomic mass is 10.2. The largest absolute Gasteiger partial charge is 0.340 e. The van der Waals surface area contributed by atoms with E-state index in [2.05, 4.69) is 10.2 Å². The number of hydrogen-bond donors (Lipinski definition) is 1. The molecule has 0 bridgehead atoms. The van der Waals surface area contributed by atoms with E-state index in [1.807, 2.05) is 11.9 Å². The van der Waals surface area contributed by atoms with Crippen molar-refractivity contribution in [3.63, 3.8) is 0 Å². The Kier molecular flexibility index (Phi) is 4.55. The normalized spacial score (nSPS) is 24.4. The van der Waals surface area contributed by atoms with Crippen LogP contribution < -0.4 is 5.32 Å². The van der Waals surface area contributed by atoms with Gasteiger partial charge in [-0.3, -0.25) is 9.59 Å². The van der Waals surface area contributed by atoms with Gasteiger partial charge in [0.2, 0.25) is 11.8 Å². The third-order valence-electron chi connectivity index (χ3n) is 4.45. The van der Waals surface area contributed by atoms with Crippen molar-refractivity contribution >= 4 is 29.1 Å². The number of piperazine rings is 1. The summed E-state index contributed by atoms with van der Waals surface area (Å²) in [6.45, 7) is 3.16. The van der Waals surface area contributed by atoms with E-state index in [4.69, 9.17) is 11.6 Å². The summed E-state index contributed by atoms with van der Waals surface area (Å²) < 4.78 is 13.1. The molecule has 2 unspecified atom stereocenters. The van der Waals surface area contributed by atoms with Crippen LogP contribution in [0, 0.1) is 17.7 Å². The van der Waals surface area contributed by atoms with Gasteiger partial charge < -0.3 is 15.1 Å². The van der Waals surface area contributed by atoms with Gasteiger partial charge in [-0.25, -0.2) is 4.39 Å². The number of carbonyl (C=O) groups excluding carboxylic acids is 2. The van der Waals surface area contributed by atoms with Crippen LogP contribution in [0.5, 0.6) is 0 Å². The first-order chi connectivity index (χ1) is 11.0. The number of halogens is 2. The van der Waals surface area contributed by atoms with E-state index >= 15 is 0 Å². The number of nitrogens with zero attached hydrogens (tertiary/aromatic N) is 2. The Hall–Kier alpha value is -1.66. The summed E-state index contributed by atoms with van der Waals surface area (Å²) >= 11 is 5.69. The maximum atomic E-state index is 13.1. The summed E-state index contributed by atoms with van der Waals surface area (Å²) in [7, 11) is 2.03. The molecule has 1 aromatic rings. The van der Waals surface area contributed by atoms with Crippen molar-refractivity contribution in [2.75, 3.05) is 38.5 Å². The third kappa shape index (κ3) is 3.64. The molecule has 1 saturated heterocycles. The molecule has 124 valence electrons. The summed E-state index contributed by atoms with van der Waals surface area (Å²) in [5.41, 5.74) is 0.444. The van der Waals surface area contributed by atoms with Crippen LogP contribution in [0.3, 0.4) is 0 Å². The lowest BCUT2D eigenvalue weighted by molar-refractivity contribution is -0.135. The van der Waals surface area contributed by atoms with Crippen molar-refractivity contribution in [2.24, 2.45) is 11.8 Å². The van der Waals surface area contributed by atoms with Gasteiger partial charge in [0.25, 0.3) is 0 Å². The molecule has 1 aliphatic carbocycles. The molecule has 1 aliphatic heterocycles. The summed E-state index contributed by atoms with van der Waals surface area (Å²) in [5, 5.41) is 2.66. The van der Waals surface area contributed by atoms with Crippen molar-refractivity contribution in [1.82, 2.24) is 9.80 Å². The number of rotatable bonds is 3. The van der Waals surface area contributed by atoms with Crippen LogP contribution in [0.15, 0.2) is 18.2 Å². The quantitative estimate of drug-likeness (QED) is 0.914. The lowest BCUT2D eigenvalue weighted by Gasteiger charge is -2.32. The smallest absolute Gasteiger partial charge is 0.228 e. The van der Waals surface area contributed by atoms with Gasteiger partial charge in [-0.1, -0.05) is 11.6 Å². The molecule has 1 aromatic carbocycles. The minimum Gasteiger partial charge on any atom is -0.340 e. The molecule has 1 heterocycles. The van der Waals surface area contributed by atoms with Gasteiger partial charge in [-0.15, -0.1) is 0 Å².